The number of carbonyl (C=O) groups excluding carboxylic acids is 1. The van der Waals surface area contributed by atoms with Crippen molar-refractivity contribution in [3.63, 3.8) is 0 Å². The van der Waals surface area contributed by atoms with Crippen molar-refractivity contribution in [1.82, 2.24) is 9.88 Å². The van der Waals surface area contributed by atoms with Gasteiger partial charge in [-0.15, -0.1) is 0 Å². The van der Waals surface area contributed by atoms with E-state index < -0.39 is 0 Å². The van der Waals surface area contributed by atoms with Gasteiger partial charge in [0.2, 0.25) is 0 Å². The summed E-state index contributed by atoms with van der Waals surface area (Å²) in [6, 6.07) is 3.54. The van der Waals surface area contributed by atoms with E-state index in [9.17, 15) is 4.79 Å². The Morgan fingerprint density at radius 2 is 2.32 bits per heavy atom. The van der Waals surface area contributed by atoms with Crippen molar-refractivity contribution in [3.8, 4) is 11.8 Å². The van der Waals surface area contributed by atoms with Gasteiger partial charge >= 0.3 is 0 Å². The summed E-state index contributed by atoms with van der Waals surface area (Å²) in [4.78, 5) is 18.5. The van der Waals surface area contributed by atoms with Crippen LogP contribution in [0.5, 0.6) is 0 Å². The van der Waals surface area contributed by atoms with Crippen molar-refractivity contribution in [2.75, 3.05) is 13.1 Å². The molecule has 4 heteroatoms. The van der Waals surface area contributed by atoms with Crippen LogP contribution in [0.15, 0.2) is 18.3 Å². The van der Waals surface area contributed by atoms with E-state index in [1.807, 2.05) is 11.0 Å². The number of amides is 1. The summed E-state index contributed by atoms with van der Waals surface area (Å²) in [6.45, 7) is 5.32. The number of hydrogen-bond donors (Lipinski definition) is 1. The Bertz CT molecular complexity index is 523. The molecule has 0 aromatic carbocycles. The van der Waals surface area contributed by atoms with Crippen LogP contribution < -0.4 is 5.73 Å². The zero-order valence-electron chi connectivity index (χ0n) is 11.4. The van der Waals surface area contributed by atoms with Crippen LogP contribution in [0.1, 0.15) is 42.7 Å². The molecule has 0 spiro atoms. The highest BCUT2D eigenvalue weighted by molar-refractivity contribution is 5.93. The van der Waals surface area contributed by atoms with Crippen molar-refractivity contribution in [2.24, 2.45) is 5.73 Å². The van der Waals surface area contributed by atoms with Crippen LogP contribution in [0.25, 0.3) is 0 Å². The molecule has 1 fully saturated rings. The first-order valence-electron chi connectivity index (χ1n) is 6.51. The Hall–Kier alpha value is -1.86. The monoisotopic (exact) mass is 257 g/mol. The Morgan fingerprint density at radius 1 is 1.53 bits per heavy atom. The third-order valence-corrected chi connectivity index (χ3v) is 3.46. The molecular formula is C15H19N3O. The number of carbonyl (C=O) groups is 1. The molecule has 1 saturated heterocycles. The molecular weight excluding hydrogens is 238 g/mol. The minimum absolute atomic E-state index is 0.000772. The molecule has 0 radical (unpaired) electrons. The molecule has 1 aliphatic heterocycles. The van der Waals surface area contributed by atoms with Crippen LogP contribution in [0.4, 0.5) is 0 Å². The molecule has 1 aromatic rings. The van der Waals surface area contributed by atoms with E-state index in [1.54, 1.807) is 12.3 Å². The second-order valence-electron chi connectivity index (χ2n) is 5.31. The van der Waals surface area contributed by atoms with Crippen molar-refractivity contribution in [1.29, 1.82) is 0 Å². The van der Waals surface area contributed by atoms with E-state index in [1.165, 1.54) is 0 Å². The summed E-state index contributed by atoms with van der Waals surface area (Å²) in [5.74, 6) is 5.66. The summed E-state index contributed by atoms with van der Waals surface area (Å²) < 4.78 is 0. The minimum atomic E-state index is -0.0726. The zero-order chi connectivity index (χ0) is 13.9. The average molecular weight is 257 g/mol. The predicted molar refractivity (Wildman–Crippen MR) is 74.5 cm³/mol. The topological polar surface area (TPSA) is 59.2 Å². The zero-order valence-corrected chi connectivity index (χ0v) is 11.4. The smallest absolute Gasteiger partial charge is 0.272 e. The van der Waals surface area contributed by atoms with Crippen LogP contribution in [-0.4, -0.2) is 34.4 Å². The van der Waals surface area contributed by atoms with Crippen LogP contribution in [-0.2, 0) is 0 Å². The quantitative estimate of drug-likeness (QED) is 0.774. The number of nitrogens with two attached hydrogens (primary N) is 1. The molecule has 100 valence electrons. The van der Waals surface area contributed by atoms with Crippen LogP contribution in [0.2, 0.25) is 0 Å². The highest BCUT2D eigenvalue weighted by Crippen LogP contribution is 2.29. The van der Waals surface area contributed by atoms with Crippen molar-refractivity contribution in [2.45, 2.75) is 32.2 Å². The van der Waals surface area contributed by atoms with E-state index in [0.29, 0.717) is 12.2 Å². The van der Waals surface area contributed by atoms with Gasteiger partial charge in [-0.25, -0.2) is 4.98 Å². The van der Waals surface area contributed by atoms with Crippen molar-refractivity contribution < 1.29 is 4.79 Å². The molecule has 1 aliphatic rings. The lowest BCUT2D eigenvalue weighted by atomic mass is 10.0. The maximum atomic E-state index is 12.4. The summed E-state index contributed by atoms with van der Waals surface area (Å²) >= 11 is 0. The summed E-state index contributed by atoms with van der Waals surface area (Å²) in [5.41, 5.74) is 6.50. The molecule has 2 heterocycles. The second kappa shape index (κ2) is 5.41. The fourth-order valence-electron chi connectivity index (χ4n) is 2.37. The fourth-order valence-corrected chi connectivity index (χ4v) is 2.37. The SMILES string of the molecule is CC1(C)CCCN1C(=O)c1ccc(C#CCN)cn1. The fraction of sp³-hybridized carbons (Fsp3) is 0.467. The third kappa shape index (κ3) is 2.94. The lowest BCUT2D eigenvalue weighted by molar-refractivity contribution is 0.0646. The molecule has 1 aromatic heterocycles. The number of nitrogens with zero attached hydrogens (tertiary/aromatic N) is 2. The largest absolute Gasteiger partial charge is 0.332 e. The summed E-state index contributed by atoms with van der Waals surface area (Å²) in [6.07, 6.45) is 3.72. The van der Waals surface area contributed by atoms with Crippen LogP contribution in [0, 0.1) is 11.8 Å². The summed E-state index contributed by atoms with van der Waals surface area (Å²) in [7, 11) is 0. The van der Waals surface area contributed by atoms with E-state index in [2.05, 4.69) is 30.7 Å². The number of aromatic nitrogens is 1. The molecule has 0 saturated carbocycles. The highest BCUT2D eigenvalue weighted by atomic mass is 16.2. The lowest BCUT2D eigenvalue weighted by Gasteiger charge is -2.31. The van der Waals surface area contributed by atoms with E-state index in [0.717, 1.165) is 24.9 Å². The Morgan fingerprint density at radius 3 is 2.84 bits per heavy atom. The van der Waals surface area contributed by atoms with Gasteiger partial charge in [0, 0.05) is 23.8 Å². The van der Waals surface area contributed by atoms with Gasteiger partial charge in [0.05, 0.1) is 6.54 Å². The number of rotatable bonds is 1. The molecule has 19 heavy (non-hydrogen) atoms. The van der Waals surface area contributed by atoms with Gasteiger partial charge < -0.3 is 10.6 Å². The van der Waals surface area contributed by atoms with Crippen molar-refractivity contribution >= 4 is 5.91 Å². The Kier molecular flexibility index (Phi) is 3.87. The minimum Gasteiger partial charge on any atom is -0.332 e. The molecule has 0 aliphatic carbocycles. The van der Waals surface area contributed by atoms with Gasteiger partial charge in [-0.3, -0.25) is 4.79 Å². The predicted octanol–water partition coefficient (Wildman–Crippen LogP) is 1.41. The van der Waals surface area contributed by atoms with Gasteiger partial charge in [0.1, 0.15) is 5.69 Å². The van der Waals surface area contributed by atoms with Gasteiger partial charge in [-0.05, 0) is 38.8 Å². The first-order valence-corrected chi connectivity index (χ1v) is 6.51. The van der Waals surface area contributed by atoms with Gasteiger partial charge in [-0.1, -0.05) is 11.8 Å². The maximum Gasteiger partial charge on any atom is 0.272 e. The molecule has 0 bridgehead atoms. The van der Waals surface area contributed by atoms with Crippen LogP contribution in [0.3, 0.4) is 0 Å². The van der Waals surface area contributed by atoms with E-state index in [-0.39, 0.29) is 11.4 Å². The lowest BCUT2D eigenvalue weighted by Crippen LogP contribution is -2.42. The van der Waals surface area contributed by atoms with E-state index >= 15 is 0 Å². The van der Waals surface area contributed by atoms with Gasteiger partial charge in [-0.2, -0.15) is 0 Å². The van der Waals surface area contributed by atoms with Crippen molar-refractivity contribution in [3.05, 3.63) is 29.6 Å². The Balaban J connectivity index is 2.16. The second-order valence-corrected chi connectivity index (χ2v) is 5.31. The molecule has 2 rings (SSSR count). The molecule has 4 nitrogen and oxygen atoms in total. The summed E-state index contributed by atoms with van der Waals surface area (Å²) in [5, 5.41) is 0. The average Bonchev–Trinajstić information content (AvgIpc) is 2.76. The van der Waals surface area contributed by atoms with Gasteiger partial charge in [0.15, 0.2) is 0 Å². The normalized spacial score (nSPS) is 16.9. The third-order valence-electron chi connectivity index (χ3n) is 3.46. The van der Waals surface area contributed by atoms with Crippen LogP contribution >= 0.6 is 0 Å². The highest BCUT2D eigenvalue weighted by Gasteiger charge is 2.36. The Labute approximate surface area is 114 Å². The van der Waals surface area contributed by atoms with Gasteiger partial charge in [0.25, 0.3) is 5.91 Å². The number of pyridine rings is 1. The molecule has 1 amide bonds. The first-order chi connectivity index (χ1) is 9.04. The number of hydrogen-bond acceptors (Lipinski definition) is 3. The van der Waals surface area contributed by atoms with E-state index in [4.69, 9.17) is 5.73 Å². The molecule has 0 unspecified atom stereocenters. The number of likely N-dealkylation sites (tertiary alicyclic amines) is 1. The maximum absolute atomic E-state index is 12.4. The molecule has 0 atom stereocenters. The first kappa shape index (κ1) is 13.6. The standard InChI is InChI=1S/C15H19N3O/c1-15(2)8-4-10-18(15)14(19)13-7-6-12(11-17-13)5-3-9-16/h6-7,11H,4,8-10,16H2,1-2H3. The molecule has 2 N–H and O–H groups in total.